The molecule has 0 radical (unpaired) electrons. The average Bonchev–Trinajstić information content (AvgIpc) is 2.64. The van der Waals surface area contributed by atoms with Gasteiger partial charge in [0.05, 0.1) is 21.2 Å². The molecule has 0 atom stereocenters. The quantitative estimate of drug-likeness (QED) is 0.681. The first-order valence-electron chi connectivity index (χ1n) is 8.84. The Morgan fingerprint density at radius 3 is 2.43 bits per heavy atom. The third-order valence-corrected chi connectivity index (χ3v) is 6.67. The van der Waals surface area contributed by atoms with Crippen molar-refractivity contribution in [1.29, 1.82) is 0 Å². The molecule has 1 fully saturated rings. The molecule has 1 aliphatic carbocycles. The summed E-state index contributed by atoms with van der Waals surface area (Å²) in [5.41, 5.74) is -0.151. The zero-order chi connectivity index (χ0) is 20.3. The van der Waals surface area contributed by atoms with Crippen molar-refractivity contribution in [2.45, 2.75) is 43.0 Å². The molecule has 0 saturated heterocycles. The lowest BCUT2D eigenvalue weighted by Gasteiger charge is -2.22. The number of halogens is 3. The maximum absolute atomic E-state index is 14.2. The Bertz CT molecular complexity index is 993. The lowest BCUT2D eigenvalue weighted by Crippen LogP contribution is -2.36. The van der Waals surface area contributed by atoms with E-state index in [2.05, 4.69) is 10.0 Å². The number of sulfonamides is 1. The minimum Gasteiger partial charge on any atom is -0.321 e. The van der Waals surface area contributed by atoms with Gasteiger partial charge in [0.2, 0.25) is 10.0 Å². The Labute approximate surface area is 173 Å². The van der Waals surface area contributed by atoms with Gasteiger partial charge in [-0.2, -0.15) is 0 Å². The minimum atomic E-state index is -3.86. The molecule has 1 aliphatic rings. The molecule has 28 heavy (non-hydrogen) atoms. The van der Waals surface area contributed by atoms with E-state index in [0.29, 0.717) is 5.02 Å². The highest BCUT2D eigenvalue weighted by Gasteiger charge is 2.24. The molecule has 3 rings (SSSR count). The first-order chi connectivity index (χ1) is 13.3. The van der Waals surface area contributed by atoms with Crippen LogP contribution in [0.15, 0.2) is 41.3 Å². The maximum Gasteiger partial charge on any atom is 0.258 e. The zero-order valence-electron chi connectivity index (χ0n) is 14.8. The summed E-state index contributed by atoms with van der Waals surface area (Å²) in [6, 6.07) is 7.43. The van der Waals surface area contributed by atoms with Crippen LogP contribution in [0, 0.1) is 5.82 Å². The number of nitrogens with one attached hydrogen (secondary N) is 2. The number of benzene rings is 2. The van der Waals surface area contributed by atoms with Crippen LogP contribution in [0.4, 0.5) is 10.1 Å². The molecule has 0 aromatic heterocycles. The largest absolute Gasteiger partial charge is 0.321 e. The van der Waals surface area contributed by atoms with Gasteiger partial charge in [-0.05, 0) is 49.2 Å². The van der Waals surface area contributed by atoms with Crippen LogP contribution in [-0.2, 0) is 10.0 Å². The summed E-state index contributed by atoms with van der Waals surface area (Å²) in [4.78, 5) is 12.3. The van der Waals surface area contributed by atoms with E-state index in [1.54, 1.807) is 0 Å². The van der Waals surface area contributed by atoms with Crippen molar-refractivity contribution in [3.05, 3.63) is 57.8 Å². The second-order valence-electron chi connectivity index (χ2n) is 6.68. The number of hydrogen-bond acceptors (Lipinski definition) is 3. The van der Waals surface area contributed by atoms with E-state index in [4.69, 9.17) is 23.2 Å². The van der Waals surface area contributed by atoms with Gasteiger partial charge in [0.1, 0.15) is 5.82 Å². The fourth-order valence-corrected chi connectivity index (χ4v) is 4.92. The van der Waals surface area contributed by atoms with Crippen molar-refractivity contribution in [2.24, 2.45) is 0 Å². The number of hydrogen-bond donors (Lipinski definition) is 2. The maximum atomic E-state index is 14.2. The molecule has 0 bridgehead atoms. The molecule has 0 heterocycles. The molecule has 5 nitrogen and oxygen atoms in total. The monoisotopic (exact) mass is 444 g/mol. The van der Waals surface area contributed by atoms with Crippen molar-refractivity contribution in [1.82, 2.24) is 4.72 Å². The van der Waals surface area contributed by atoms with Gasteiger partial charge in [0.15, 0.2) is 0 Å². The molecule has 2 aromatic carbocycles. The number of anilines is 1. The second-order valence-corrected chi connectivity index (χ2v) is 9.23. The lowest BCUT2D eigenvalue weighted by molar-refractivity contribution is 0.102. The van der Waals surface area contributed by atoms with E-state index in [1.165, 1.54) is 18.2 Å². The Morgan fingerprint density at radius 2 is 1.75 bits per heavy atom. The van der Waals surface area contributed by atoms with Gasteiger partial charge in [0.25, 0.3) is 5.91 Å². The van der Waals surface area contributed by atoms with Crippen LogP contribution in [0.25, 0.3) is 0 Å². The van der Waals surface area contributed by atoms with Crippen molar-refractivity contribution in [3.63, 3.8) is 0 Å². The van der Waals surface area contributed by atoms with Crippen LogP contribution in [0.3, 0.4) is 0 Å². The Kier molecular flexibility index (Phi) is 6.60. The van der Waals surface area contributed by atoms with Crippen LogP contribution in [0.2, 0.25) is 10.0 Å². The topological polar surface area (TPSA) is 75.3 Å². The molecule has 150 valence electrons. The summed E-state index contributed by atoms with van der Waals surface area (Å²) < 4.78 is 42.1. The number of rotatable bonds is 5. The molecular formula is C19H19Cl2FN2O3S. The van der Waals surface area contributed by atoms with Gasteiger partial charge in [-0.15, -0.1) is 0 Å². The summed E-state index contributed by atoms with van der Waals surface area (Å²) in [7, 11) is -3.86. The fraction of sp³-hybridized carbons (Fsp3) is 0.316. The predicted octanol–water partition coefficient (Wildman–Crippen LogP) is 5.00. The van der Waals surface area contributed by atoms with Crippen molar-refractivity contribution < 1.29 is 17.6 Å². The van der Waals surface area contributed by atoms with Gasteiger partial charge >= 0.3 is 0 Å². The Morgan fingerprint density at radius 1 is 1.04 bits per heavy atom. The number of carbonyl (C=O) groups excluding carboxylic acids is 1. The normalized spacial score (nSPS) is 15.4. The van der Waals surface area contributed by atoms with Crippen LogP contribution in [0.1, 0.15) is 42.5 Å². The van der Waals surface area contributed by atoms with Crippen LogP contribution in [-0.4, -0.2) is 20.4 Å². The average molecular weight is 445 g/mol. The molecule has 0 unspecified atom stereocenters. The molecule has 1 amide bonds. The summed E-state index contributed by atoms with van der Waals surface area (Å²) in [6.07, 6.45) is 4.55. The minimum absolute atomic E-state index is 0.144. The standard InChI is InChI=1S/C19H19Cl2FN2O3S/c20-12-6-9-18(16(21)10-12)23-19(25)15-11-14(7-8-17(15)22)28(26,27)24-13-4-2-1-3-5-13/h6-11,13,24H,1-5H2,(H,23,25). The molecule has 2 N–H and O–H groups in total. The van der Waals surface area contributed by atoms with Crippen molar-refractivity contribution in [3.8, 4) is 0 Å². The predicted molar refractivity (Wildman–Crippen MR) is 108 cm³/mol. The Hall–Kier alpha value is -1.67. The van der Waals surface area contributed by atoms with Gasteiger partial charge in [-0.25, -0.2) is 17.5 Å². The van der Waals surface area contributed by atoms with E-state index in [-0.39, 0.29) is 21.6 Å². The summed E-state index contributed by atoms with van der Waals surface area (Å²) in [5.74, 6) is -1.64. The molecule has 2 aromatic rings. The van der Waals surface area contributed by atoms with Crippen molar-refractivity contribution in [2.75, 3.05) is 5.32 Å². The SMILES string of the molecule is O=C(Nc1ccc(Cl)cc1Cl)c1cc(S(=O)(=O)NC2CCCCC2)ccc1F. The number of amides is 1. The van der Waals surface area contributed by atoms with Gasteiger partial charge in [0, 0.05) is 11.1 Å². The molecule has 9 heteroatoms. The Balaban J connectivity index is 1.83. The second kappa shape index (κ2) is 8.78. The summed E-state index contributed by atoms with van der Waals surface area (Å²) in [5, 5.41) is 3.04. The zero-order valence-corrected chi connectivity index (χ0v) is 17.2. The molecule has 1 saturated carbocycles. The molecular weight excluding hydrogens is 426 g/mol. The van der Waals surface area contributed by atoms with E-state index < -0.39 is 27.3 Å². The highest BCUT2D eigenvalue weighted by atomic mass is 35.5. The van der Waals surface area contributed by atoms with Crippen LogP contribution < -0.4 is 10.0 Å². The summed E-state index contributed by atoms with van der Waals surface area (Å²) in [6.45, 7) is 0. The third-order valence-electron chi connectivity index (χ3n) is 4.60. The highest BCUT2D eigenvalue weighted by molar-refractivity contribution is 7.89. The van der Waals surface area contributed by atoms with E-state index in [1.807, 2.05) is 0 Å². The smallest absolute Gasteiger partial charge is 0.258 e. The fourth-order valence-electron chi connectivity index (χ4n) is 3.13. The number of carbonyl (C=O) groups is 1. The van der Waals surface area contributed by atoms with Gasteiger partial charge < -0.3 is 5.32 Å². The summed E-state index contributed by atoms with van der Waals surface area (Å²) >= 11 is 11.8. The van der Waals surface area contributed by atoms with E-state index >= 15 is 0 Å². The first-order valence-corrected chi connectivity index (χ1v) is 11.1. The lowest BCUT2D eigenvalue weighted by atomic mass is 9.96. The van der Waals surface area contributed by atoms with Crippen molar-refractivity contribution >= 4 is 44.8 Å². The highest BCUT2D eigenvalue weighted by Crippen LogP contribution is 2.27. The van der Waals surface area contributed by atoms with Crippen LogP contribution >= 0.6 is 23.2 Å². The molecule has 0 spiro atoms. The molecule has 0 aliphatic heterocycles. The van der Waals surface area contributed by atoms with E-state index in [9.17, 15) is 17.6 Å². The van der Waals surface area contributed by atoms with Gasteiger partial charge in [-0.3, -0.25) is 4.79 Å². The third kappa shape index (κ3) is 5.03. The van der Waals surface area contributed by atoms with E-state index in [0.717, 1.165) is 50.3 Å². The first kappa shape index (κ1) is 21.0. The van der Waals surface area contributed by atoms with Gasteiger partial charge in [-0.1, -0.05) is 42.5 Å². The van der Waals surface area contributed by atoms with Crippen LogP contribution in [0.5, 0.6) is 0 Å².